The van der Waals surface area contributed by atoms with Crippen LogP contribution in [0.2, 0.25) is 0 Å². The predicted molar refractivity (Wildman–Crippen MR) is 89.5 cm³/mol. The van der Waals surface area contributed by atoms with Crippen LogP contribution in [-0.4, -0.2) is 57.5 Å². The first-order valence-corrected chi connectivity index (χ1v) is 9.17. The van der Waals surface area contributed by atoms with Crippen molar-refractivity contribution in [3.8, 4) is 0 Å². The van der Waals surface area contributed by atoms with Gasteiger partial charge in [0.05, 0.1) is 0 Å². The molecule has 3 aliphatic heterocycles. The highest BCUT2D eigenvalue weighted by molar-refractivity contribution is 5.92. The third-order valence-electron chi connectivity index (χ3n) is 5.91. The molecule has 3 atom stereocenters. The minimum absolute atomic E-state index is 0.0310. The number of hydrogen-bond acceptors (Lipinski definition) is 3. The molecule has 1 aromatic rings. The molecule has 6 heteroatoms. The number of likely N-dealkylation sites (tertiary alicyclic amines) is 1. The monoisotopic (exact) mass is 330 g/mol. The molecule has 3 saturated heterocycles. The minimum Gasteiger partial charge on any atom is -0.339 e. The van der Waals surface area contributed by atoms with Crippen molar-refractivity contribution in [2.75, 3.05) is 19.6 Å². The number of fused-ring (bicyclic) bond motifs is 4. The highest BCUT2D eigenvalue weighted by atomic mass is 16.2. The van der Waals surface area contributed by atoms with Gasteiger partial charge in [-0.15, -0.1) is 0 Å². The van der Waals surface area contributed by atoms with E-state index in [9.17, 15) is 9.59 Å². The smallest absolute Gasteiger partial charge is 0.274 e. The number of rotatable bonds is 2. The summed E-state index contributed by atoms with van der Waals surface area (Å²) in [5.41, 5.74) is 1.52. The Morgan fingerprint density at radius 2 is 2.17 bits per heavy atom. The Hall–Kier alpha value is -1.85. The molecular weight excluding hydrogens is 304 g/mol. The first-order valence-electron chi connectivity index (χ1n) is 9.17. The van der Waals surface area contributed by atoms with E-state index in [0.29, 0.717) is 41.8 Å². The number of carbonyl (C=O) groups is 2. The maximum absolute atomic E-state index is 12.9. The van der Waals surface area contributed by atoms with Crippen LogP contribution in [0.15, 0.2) is 6.07 Å². The van der Waals surface area contributed by atoms with E-state index >= 15 is 0 Å². The molecule has 0 spiro atoms. The summed E-state index contributed by atoms with van der Waals surface area (Å²) < 4.78 is 0. The quantitative estimate of drug-likeness (QED) is 0.902. The zero-order valence-electron chi connectivity index (χ0n) is 14.5. The Balaban J connectivity index is 1.50. The third-order valence-corrected chi connectivity index (χ3v) is 5.91. The number of aromatic amines is 1. The highest BCUT2D eigenvalue weighted by Gasteiger charge is 2.45. The second-order valence-corrected chi connectivity index (χ2v) is 7.94. The molecule has 3 aliphatic rings. The fourth-order valence-corrected chi connectivity index (χ4v) is 4.68. The van der Waals surface area contributed by atoms with Crippen LogP contribution in [-0.2, 0) is 4.79 Å². The van der Waals surface area contributed by atoms with Gasteiger partial charge in [-0.25, -0.2) is 0 Å². The van der Waals surface area contributed by atoms with Gasteiger partial charge in [-0.2, -0.15) is 5.10 Å². The lowest BCUT2D eigenvalue weighted by Crippen LogP contribution is -2.61. The van der Waals surface area contributed by atoms with E-state index in [-0.39, 0.29) is 5.91 Å². The van der Waals surface area contributed by atoms with E-state index < -0.39 is 0 Å². The third kappa shape index (κ3) is 2.62. The molecule has 0 aliphatic carbocycles. The van der Waals surface area contributed by atoms with Crippen molar-refractivity contribution in [3.05, 3.63) is 17.5 Å². The Morgan fingerprint density at radius 1 is 1.33 bits per heavy atom. The van der Waals surface area contributed by atoms with E-state index in [1.165, 1.54) is 0 Å². The molecule has 4 heterocycles. The van der Waals surface area contributed by atoms with Crippen LogP contribution in [0.3, 0.4) is 0 Å². The van der Waals surface area contributed by atoms with Crippen LogP contribution in [0.1, 0.15) is 61.6 Å². The van der Waals surface area contributed by atoms with Crippen LogP contribution < -0.4 is 0 Å². The average Bonchev–Trinajstić information content (AvgIpc) is 3.05. The number of hydrogen-bond donors (Lipinski definition) is 1. The zero-order chi connectivity index (χ0) is 16.8. The topological polar surface area (TPSA) is 69.3 Å². The summed E-state index contributed by atoms with van der Waals surface area (Å²) in [4.78, 5) is 29.1. The molecule has 2 amide bonds. The SMILES string of the molecule is CC(C)c1cc(C(=O)N2C[C@H]3C[C@@H](C2)[C@@H]2CCCC(=O)N2C3)n[nH]1. The van der Waals surface area contributed by atoms with E-state index in [2.05, 4.69) is 28.9 Å². The van der Waals surface area contributed by atoms with Gasteiger partial charge in [0.25, 0.3) is 5.91 Å². The lowest BCUT2D eigenvalue weighted by Gasteiger charge is -2.52. The molecular formula is C18H26N4O2. The van der Waals surface area contributed by atoms with Crippen LogP contribution in [0.25, 0.3) is 0 Å². The molecule has 3 fully saturated rings. The first kappa shape index (κ1) is 15.7. The fraction of sp³-hybridized carbons (Fsp3) is 0.722. The molecule has 2 bridgehead atoms. The van der Waals surface area contributed by atoms with Gasteiger partial charge in [0.2, 0.25) is 5.91 Å². The van der Waals surface area contributed by atoms with E-state index in [1.807, 2.05) is 11.0 Å². The molecule has 0 unspecified atom stereocenters. The summed E-state index contributed by atoms with van der Waals surface area (Å²) in [7, 11) is 0. The lowest BCUT2D eigenvalue weighted by molar-refractivity contribution is -0.144. The number of H-pyrrole nitrogens is 1. The Labute approximate surface area is 142 Å². The Morgan fingerprint density at radius 3 is 2.92 bits per heavy atom. The average molecular weight is 330 g/mol. The lowest BCUT2D eigenvalue weighted by atomic mass is 9.76. The predicted octanol–water partition coefficient (Wildman–Crippen LogP) is 2.01. The second-order valence-electron chi connectivity index (χ2n) is 7.94. The summed E-state index contributed by atoms with van der Waals surface area (Å²) in [6.07, 6.45) is 3.93. The maximum Gasteiger partial charge on any atom is 0.274 e. The van der Waals surface area contributed by atoms with Crippen LogP contribution >= 0.6 is 0 Å². The van der Waals surface area contributed by atoms with E-state index in [1.54, 1.807) is 0 Å². The molecule has 4 rings (SSSR count). The van der Waals surface area contributed by atoms with Gasteiger partial charge in [-0.3, -0.25) is 14.7 Å². The van der Waals surface area contributed by atoms with Gasteiger partial charge >= 0.3 is 0 Å². The summed E-state index contributed by atoms with van der Waals surface area (Å²) >= 11 is 0. The molecule has 0 radical (unpaired) electrons. The normalized spacial score (nSPS) is 29.8. The number of piperidine rings is 3. The Kier molecular flexibility index (Phi) is 3.85. The fourth-order valence-electron chi connectivity index (χ4n) is 4.68. The van der Waals surface area contributed by atoms with Gasteiger partial charge in [0.1, 0.15) is 5.69 Å². The molecule has 24 heavy (non-hydrogen) atoms. The van der Waals surface area contributed by atoms with E-state index in [4.69, 9.17) is 0 Å². The number of aromatic nitrogens is 2. The number of carbonyl (C=O) groups excluding carboxylic acids is 2. The van der Waals surface area contributed by atoms with Gasteiger partial charge < -0.3 is 9.80 Å². The standard InChI is InChI=1S/C18H26N4O2/c1-11(2)14-7-15(20-19-14)18(24)21-8-12-6-13(10-21)16-4-3-5-17(23)22(16)9-12/h7,11-13,16H,3-6,8-10H2,1-2H3,(H,19,20)/t12-,13+,16+/m1/s1. The number of nitrogens with zero attached hydrogens (tertiary/aromatic N) is 3. The van der Waals surface area contributed by atoms with E-state index in [0.717, 1.165) is 44.6 Å². The maximum atomic E-state index is 12.9. The van der Waals surface area contributed by atoms with Crippen molar-refractivity contribution in [3.63, 3.8) is 0 Å². The van der Waals surface area contributed by atoms with Crippen molar-refractivity contribution >= 4 is 11.8 Å². The van der Waals surface area contributed by atoms with Crippen molar-refractivity contribution < 1.29 is 9.59 Å². The second kappa shape index (κ2) is 5.90. The number of nitrogens with one attached hydrogen (secondary N) is 1. The molecule has 1 aromatic heterocycles. The summed E-state index contributed by atoms with van der Waals surface area (Å²) in [6.45, 7) is 6.49. The van der Waals surface area contributed by atoms with Gasteiger partial charge in [-0.05, 0) is 43.1 Å². The largest absolute Gasteiger partial charge is 0.339 e. The van der Waals surface area contributed by atoms with Crippen LogP contribution in [0, 0.1) is 11.8 Å². The Bertz CT molecular complexity index is 653. The van der Waals surface area contributed by atoms with Crippen molar-refractivity contribution in [2.45, 2.75) is 51.5 Å². The zero-order valence-corrected chi connectivity index (χ0v) is 14.5. The van der Waals surface area contributed by atoms with Gasteiger partial charge in [-0.1, -0.05) is 13.8 Å². The molecule has 0 saturated carbocycles. The highest BCUT2D eigenvalue weighted by Crippen LogP contribution is 2.38. The number of amides is 2. The first-order chi connectivity index (χ1) is 11.5. The van der Waals surface area contributed by atoms with Gasteiger partial charge in [0, 0.05) is 37.8 Å². The molecule has 130 valence electrons. The summed E-state index contributed by atoms with van der Waals surface area (Å²) in [6, 6.07) is 2.22. The minimum atomic E-state index is 0.0310. The van der Waals surface area contributed by atoms with Crippen LogP contribution in [0.5, 0.6) is 0 Å². The molecule has 6 nitrogen and oxygen atoms in total. The summed E-state index contributed by atoms with van der Waals surface area (Å²) in [5.74, 6) is 1.52. The van der Waals surface area contributed by atoms with Gasteiger partial charge in [0.15, 0.2) is 0 Å². The van der Waals surface area contributed by atoms with Crippen molar-refractivity contribution in [1.82, 2.24) is 20.0 Å². The van der Waals surface area contributed by atoms with Crippen LogP contribution in [0.4, 0.5) is 0 Å². The molecule has 0 aromatic carbocycles. The summed E-state index contributed by atoms with van der Waals surface area (Å²) in [5, 5.41) is 7.20. The van der Waals surface area contributed by atoms with Crippen molar-refractivity contribution in [1.29, 1.82) is 0 Å². The van der Waals surface area contributed by atoms with Crippen molar-refractivity contribution in [2.24, 2.45) is 11.8 Å². The molecule has 1 N–H and O–H groups in total.